The Bertz CT molecular complexity index is 1120. The first-order chi connectivity index (χ1) is 15.5. The molecule has 0 aliphatic rings. The maximum atomic E-state index is 13.0. The Kier molecular flexibility index (Phi) is 8.20. The Balaban J connectivity index is 1.84. The Morgan fingerprint density at radius 1 is 1.06 bits per heavy atom. The van der Waals surface area contributed by atoms with Gasteiger partial charge in [-0.2, -0.15) is 5.10 Å². The predicted octanol–water partition coefficient (Wildman–Crippen LogP) is 5.16. The maximum Gasteiger partial charge on any atom is 0.346 e. The van der Waals surface area contributed by atoms with Crippen molar-refractivity contribution in [2.45, 2.75) is 59.0 Å². The van der Waals surface area contributed by atoms with E-state index in [2.05, 4.69) is 12.0 Å². The third-order valence-electron chi connectivity index (χ3n) is 5.52. The molecule has 6 nitrogen and oxygen atoms in total. The highest BCUT2D eigenvalue weighted by molar-refractivity contribution is 5.95. The number of aromatic carboxylic acids is 1. The molecule has 0 atom stereocenters. The van der Waals surface area contributed by atoms with E-state index in [9.17, 15) is 14.7 Å². The first kappa shape index (κ1) is 23.3. The third kappa shape index (κ3) is 5.63. The SMILES string of the molecule is CC=CCc1nn(CCCCCC)c(=O)n1Cc1ccc(-c2ccccc2C(=O)O)cc1. The van der Waals surface area contributed by atoms with E-state index < -0.39 is 5.97 Å². The second-order valence-electron chi connectivity index (χ2n) is 7.89. The standard InChI is InChI=1S/C26H31N3O3/c1-3-5-7-10-18-29-26(32)28(24(27-29)13-6-4-2)19-20-14-16-21(17-15-20)22-11-8-9-12-23(22)25(30)31/h4,6,8-9,11-12,14-17H,3,5,7,10,13,18-19H2,1-2H3,(H,30,31). The monoisotopic (exact) mass is 433 g/mol. The molecule has 0 spiro atoms. The van der Waals surface area contributed by atoms with E-state index in [1.165, 1.54) is 0 Å². The van der Waals surface area contributed by atoms with Crippen LogP contribution in [0.15, 0.2) is 65.5 Å². The quantitative estimate of drug-likeness (QED) is 0.335. The van der Waals surface area contributed by atoms with Crippen LogP contribution in [0, 0.1) is 0 Å². The van der Waals surface area contributed by atoms with Crippen LogP contribution in [0.3, 0.4) is 0 Å². The van der Waals surface area contributed by atoms with Gasteiger partial charge in [-0.15, -0.1) is 0 Å². The van der Waals surface area contributed by atoms with Gasteiger partial charge in [0, 0.05) is 13.0 Å². The van der Waals surface area contributed by atoms with Gasteiger partial charge >= 0.3 is 11.7 Å². The fourth-order valence-electron chi connectivity index (χ4n) is 3.75. The van der Waals surface area contributed by atoms with Crippen LogP contribution < -0.4 is 5.69 Å². The smallest absolute Gasteiger partial charge is 0.346 e. The van der Waals surface area contributed by atoms with Crippen molar-refractivity contribution >= 4 is 5.97 Å². The van der Waals surface area contributed by atoms with Gasteiger partial charge in [0.2, 0.25) is 0 Å². The number of aryl methyl sites for hydroxylation is 1. The van der Waals surface area contributed by atoms with Crippen LogP contribution in [0.4, 0.5) is 0 Å². The molecule has 168 valence electrons. The minimum absolute atomic E-state index is 0.0821. The fraction of sp³-hybridized carbons (Fsp3) is 0.346. The highest BCUT2D eigenvalue weighted by Gasteiger charge is 2.14. The Morgan fingerprint density at radius 3 is 2.50 bits per heavy atom. The van der Waals surface area contributed by atoms with E-state index >= 15 is 0 Å². The van der Waals surface area contributed by atoms with Crippen LogP contribution in [-0.2, 0) is 19.5 Å². The summed E-state index contributed by atoms with van der Waals surface area (Å²) < 4.78 is 3.33. The number of hydrogen-bond acceptors (Lipinski definition) is 3. The van der Waals surface area contributed by atoms with E-state index in [-0.39, 0.29) is 11.3 Å². The normalized spacial score (nSPS) is 11.3. The lowest BCUT2D eigenvalue weighted by atomic mass is 9.99. The molecule has 1 aromatic heterocycles. The van der Waals surface area contributed by atoms with Crippen molar-refractivity contribution in [2.24, 2.45) is 0 Å². The summed E-state index contributed by atoms with van der Waals surface area (Å²) in [6, 6.07) is 14.7. The Hall–Kier alpha value is -3.41. The minimum Gasteiger partial charge on any atom is -0.478 e. The Labute approximate surface area is 188 Å². The molecule has 2 aromatic carbocycles. The summed E-state index contributed by atoms with van der Waals surface area (Å²) in [6.07, 6.45) is 8.94. The number of benzene rings is 2. The highest BCUT2D eigenvalue weighted by atomic mass is 16.4. The van der Waals surface area contributed by atoms with Crippen molar-refractivity contribution in [1.29, 1.82) is 0 Å². The minimum atomic E-state index is -0.948. The van der Waals surface area contributed by atoms with E-state index in [1.807, 2.05) is 49.4 Å². The van der Waals surface area contributed by atoms with Crippen LogP contribution in [0.1, 0.15) is 61.3 Å². The molecule has 0 saturated heterocycles. The number of rotatable bonds is 11. The summed E-state index contributed by atoms with van der Waals surface area (Å²) in [6.45, 7) is 5.20. The van der Waals surface area contributed by atoms with E-state index in [0.29, 0.717) is 25.1 Å². The van der Waals surface area contributed by atoms with Gasteiger partial charge in [-0.25, -0.2) is 14.3 Å². The summed E-state index contributed by atoms with van der Waals surface area (Å²) in [5.74, 6) is -0.194. The molecule has 0 fully saturated rings. The fourth-order valence-corrected chi connectivity index (χ4v) is 3.75. The number of nitrogens with zero attached hydrogens (tertiary/aromatic N) is 3. The van der Waals surface area contributed by atoms with Crippen molar-refractivity contribution < 1.29 is 9.90 Å². The molecule has 1 N–H and O–H groups in total. The predicted molar refractivity (Wildman–Crippen MR) is 127 cm³/mol. The summed E-state index contributed by atoms with van der Waals surface area (Å²) in [5, 5.41) is 14.0. The lowest BCUT2D eigenvalue weighted by Crippen LogP contribution is -2.26. The summed E-state index contributed by atoms with van der Waals surface area (Å²) in [7, 11) is 0. The molecule has 0 radical (unpaired) electrons. The van der Waals surface area contributed by atoms with Gasteiger partial charge in [0.1, 0.15) is 5.82 Å². The number of allylic oxidation sites excluding steroid dienone is 2. The average Bonchev–Trinajstić information content (AvgIpc) is 3.10. The number of carboxylic acids is 1. The molecule has 0 unspecified atom stereocenters. The van der Waals surface area contributed by atoms with Gasteiger partial charge in [-0.1, -0.05) is 80.8 Å². The second kappa shape index (κ2) is 11.3. The molecule has 0 amide bonds. The van der Waals surface area contributed by atoms with Crippen molar-refractivity contribution in [2.75, 3.05) is 0 Å². The van der Waals surface area contributed by atoms with Gasteiger partial charge in [0.15, 0.2) is 0 Å². The van der Waals surface area contributed by atoms with Crippen molar-refractivity contribution in [3.05, 3.63) is 88.1 Å². The molecule has 3 rings (SSSR count). The first-order valence-electron chi connectivity index (χ1n) is 11.2. The molecular formula is C26H31N3O3. The van der Waals surface area contributed by atoms with E-state index in [1.54, 1.807) is 27.4 Å². The first-order valence-corrected chi connectivity index (χ1v) is 11.2. The summed E-state index contributed by atoms with van der Waals surface area (Å²) >= 11 is 0. The van der Waals surface area contributed by atoms with Crippen LogP contribution in [0.25, 0.3) is 11.1 Å². The number of unbranched alkanes of at least 4 members (excludes halogenated alkanes) is 3. The molecular weight excluding hydrogens is 402 g/mol. The molecule has 0 aliphatic carbocycles. The van der Waals surface area contributed by atoms with Crippen LogP contribution in [0.5, 0.6) is 0 Å². The third-order valence-corrected chi connectivity index (χ3v) is 5.52. The molecule has 0 aliphatic heterocycles. The van der Waals surface area contributed by atoms with Crippen molar-refractivity contribution in [3.63, 3.8) is 0 Å². The molecule has 1 heterocycles. The molecule has 3 aromatic rings. The number of carboxylic acid groups (broad SMARTS) is 1. The zero-order valence-electron chi connectivity index (χ0n) is 18.8. The maximum absolute atomic E-state index is 13.0. The lowest BCUT2D eigenvalue weighted by Gasteiger charge is -2.08. The number of carbonyl (C=O) groups is 1. The zero-order chi connectivity index (χ0) is 22.9. The van der Waals surface area contributed by atoms with Crippen molar-refractivity contribution in [1.82, 2.24) is 14.3 Å². The van der Waals surface area contributed by atoms with E-state index in [4.69, 9.17) is 0 Å². The zero-order valence-corrected chi connectivity index (χ0v) is 18.8. The topological polar surface area (TPSA) is 77.1 Å². The van der Waals surface area contributed by atoms with Crippen LogP contribution in [0.2, 0.25) is 0 Å². The lowest BCUT2D eigenvalue weighted by molar-refractivity contribution is 0.0697. The summed E-state index contributed by atoms with van der Waals surface area (Å²) in [5.41, 5.74) is 2.67. The van der Waals surface area contributed by atoms with Crippen molar-refractivity contribution in [3.8, 4) is 11.1 Å². The van der Waals surface area contributed by atoms with Gasteiger partial charge in [0.25, 0.3) is 0 Å². The second-order valence-corrected chi connectivity index (χ2v) is 7.89. The Morgan fingerprint density at radius 2 is 1.81 bits per heavy atom. The van der Waals surface area contributed by atoms with E-state index in [0.717, 1.165) is 42.6 Å². The molecule has 0 saturated carbocycles. The van der Waals surface area contributed by atoms with Gasteiger partial charge in [-0.3, -0.25) is 4.57 Å². The van der Waals surface area contributed by atoms with Gasteiger partial charge in [-0.05, 0) is 36.1 Å². The average molecular weight is 434 g/mol. The van der Waals surface area contributed by atoms with Crippen LogP contribution >= 0.6 is 0 Å². The number of aromatic nitrogens is 3. The largest absolute Gasteiger partial charge is 0.478 e. The molecule has 6 heteroatoms. The molecule has 32 heavy (non-hydrogen) atoms. The summed E-state index contributed by atoms with van der Waals surface area (Å²) in [4.78, 5) is 24.5. The number of hydrogen-bond donors (Lipinski definition) is 1. The molecule has 0 bridgehead atoms. The van der Waals surface area contributed by atoms with Gasteiger partial charge < -0.3 is 5.11 Å². The van der Waals surface area contributed by atoms with Gasteiger partial charge in [0.05, 0.1) is 12.1 Å². The highest BCUT2D eigenvalue weighted by Crippen LogP contribution is 2.24. The van der Waals surface area contributed by atoms with Crippen LogP contribution in [-0.4, -0.2) is 25.4 Å².